The van der Waals surface area contributed by atoms with Gasteiger partial charge in [-0.25, -0.2) is 4.79 Å². The fraction of sp³-hybridized carbons (Fsp3) is 0.542. The van der Waals surface area contributed by atoms with E-state index in [1.807, 2.05) is 0 Å². The number of methoxy groups -OCH3 is 1. The van der Waals surface area contributed by atoms with E-state index in [9.17, 15) is 10.1 Å². The fourth-order valence-corrected chi connectivity index (χ4v) is 5.13. The summed E-state index contributed by atoms with van der Waals surface area (Å²) in [5.41, 5.74) is 2.73. The number of aromatic nitrogens is 2. The van der Waals surface area contributed by atoms with Gasteiger partial charge in [0.1, 0.15) is 6.07 Å². The van der Waals surface area contributed by atoms with Gasteiger partial charge in [0.2, 0.25) is 0 Å². The number of hydrogen-bond donors (Lipinski definition) is 1. The number of nitrogens with zero attached hydrogens (tertiary/aromatic N) is 3. The molecule has 2 fully saturated rings. The lowest BCUT2D eigenvalue weighted by Crippen LogP contribution is -2.50. The predicted octanol–water partition coefficient (Wildman–Crippen LogP) is 4.34. The van der Waals surface area contributed by atoms with Gasteiger partial charge >= 0.3 is 6.09 Å². The molecule has 2 aromatic rings. The molecule has 164 valence electrons. The molecule has 1 amide bonds. The van der Waals surface area contributed by atoms with Gasteiger partial charge in [0.25, 0.3) is 0 Å². The fourth-order valence-electron chi connectivity index (χ4n) is 5.13. The zero-order chi connectivity index (χ0) is 21.6. The topological polar surface area (TPSA) is 91.2 Å². The molecule has 1 saturated heterocycles. The van der Waals surface area contributed by atoms with Crippen molar-refractivity contribution in [3.63, 3.8) is 0 Å². The first-order valence-electron chi connectivity index (χ1n) is 11.2. The van der Waals surface area contributed by atoms with E-state index in [0.29, 0.717) is 24.6 Å². The molecule has 1 aromatic heterocycles. The van der Waals surface area contributed by atoms with E-state index in [1.54, 1.807) is 11.1 Å². The Balaban J connectivity index is 1.42. The minimum atomic E-state index is -0.343. The number of carbonyl (C=O) groups is 1. The van der Waals surface area contributed by atoms with E-state index in [1.165, 1.54) is 12.7 Å². The van der Waals surface area contributed by atoms with E-state index in [0.717, 1.165) is 44.2 Å². The Hall–Kier alpha value is -2.85. The maximum atomic E-state index is 12.5. The first kappa shape index (κ1) is 21.4. The number of amides is 1. The van der Waals surface area contributed by atoms with Crippen LogP contribution in [0.25, 0.3) is 0 Å². The van der Waals surface area contributed by atoms with Gasteiger partial charge in [-0.15, -0.1) is 0 Å². The molecule has 0 spiro atoms. The maximum absolute atomic E-state index is 12.5. The van der Waals surface area contributed by atoms with Crippen molar-refractivity contribution < 1.29 is 14.3 Å². The summed E-state index contributed by atoms with van der Waals surface area (Å²) < 4.78 is 11.4. The number of hydrogen-bond acceptors (Lipinski definition) is 5. The van der Waals surface area contributed by atoms with Gasteiger partial charge in [-0.2, -0.15) is 10.4 Å². The highest BCUT2D eigenvalue weighted by molar-refractivity contribution is 5.68. The largest absolute Gasteiger partial charge is 0.453 e. The SMILES string of the molecule is COC(=O)N1CCC[C@@H](c2[nH]ncc2C#N)[C@H]1COC1CCC(c2ccccc2)CC1. The number of piperidine rings is 1. The molecule has 1 aliphatic carbocycles. The third kappa shape index (κ3) is 4.75. The summed E-state index contributed by atoms with van der Waals surface area (Å²) in [6, 6.07) is 12.7. The summed E-state index contributed by atoms with van der Waals surface area (Å²) in [7, 11) is 1.41. The molecule has 7 nitrogen and oxygen atoms in total. The zero-order valence-electron chi connectivity index (χ0n) is 18.0. The summed E-state index contributed by atoms with van der Waals surface area (Å²) in [5, 5.41) is 16.5. The highest BCUT2D eigenvalue weighted by Gasteiger charge is 2.38. The van der Waals surface area contributed by atoms with Gasteiger partial charge in [-0.3, -0.25) is 5.10 Å². The lowest BCUT2D eigenvalue weighted by molar-refractivity contribution is -0.0242. The Kier molecular flexibility index (Phi) is 6.88. The van der Waals surface area contributed by atoms with Crippen LogP contribution in [0.2, 0.25) is 0 Å². The van der Waals surface area contributed by atoms with E-state index >= 15 is 0 Å². The average Bonchev–Trinajstić information content (AvgIpc) is 3.31. The van der Waals surface area contributed by atoms with Crippen LogP contribution < -0.4 is 0 Å². The smallest absolute Gasteiger partial charge is 0.409 e. The van der Waals surface area contributed by atoms with Crippen LogP contribution in [0.4, 0.5) is 4.79 Å². The summed E-state index contributed by atoms with van der Waals surface area (Å²) in [6.45, 7) is 1.07. The van der Waals surface area contributed by atoms with Crippen LogP contribution in [-0.2, 0) is 9.47 Å². The standard InChI is InChI=1S/C24H30N4O3/c1-30-24(29)28-13-5-8-21(23-19(14-25)15-26-27-23)22(28)16-31-20-11-9-18(10-12-20)17-6-3-2-4-7-17/h2-4,6-7,15,18,20-22H,5,8-13,16H2,1H3,(H,26,27)/t18?,20?,21-,22-/m1/s1. The van der Waals surface area contributed by atoms with Crippen molar-refractivity contribution in [2.45, 2.75) is 62.5 Å². The number of carbonyl (C=O) groups excluding carboxylic acids is 1. The average molecular weight is 423 g/mol. The number of likely N-dealkylation sites (tertiary alicyclic amines) is 1. The van der Waals surface area contributed by atoms with Crippen LogP contribution >= 0.6 is 0 Å². The minimum absolute atomic E-state index is 0.0225. The number of H-pyrrole nitrogens is 1. The number of nitrogens with one attached hydrogen (secondary N) is 1. The molecule has 4 rings (SSSR count). The first-order chi connectivity index (χ1) is 15.2. The van der Waals surface area contributed by atoms with Gasteiger partial charge in [-0.05, 0) is 50.0 Å². The molecule has 7 heteroatoms. The van der Waals surface area contributed by atoms with Crippen molar-refractivity contribution in [2.24, 2.45) is 0 Å². The van der Waals surface area contributed by atoms with E-state index in [-0.39, 0.29) is 24.2 Å². The molecule has 1 N–H and O–H groups in total. The number of benzene rings is 1. The summed E-state index contributed by atoms with van der Waals surface area (Å²) in [6.07, 6.45) is 7.39. The van der Waals surface area contributed by atoms with Crippen molar-refractivity contribution in [3.8, 4) is 6.07 Å². The second-order valence-electron chi connectivity index (χ2n) is 8.51. The van der Waals surface area contributed by atoms with Gasteiger partial charge < -0.3 is 14.4 Å². The number of ether oxygens (including phenoxy) is 2. The van der Waals surface area contributed by atoms with E-state index in [4.69, 9.17) is 9.47 Å². The Bertz CT molecular complexity index is 899. The molecule has 0 bridgehead atoms. The molecule has 1 aromatic carbocycles. The van der Waals surface area contributed by atoms with Gasteiger partial charge in [0.05, 0.1) is 43.3 Å². The number of aromatic amines is 1. The Labute approximate surface area is 183 Å². The van der Waals surface area contributed by atoms with Crippen molar-refractivity contribution >= 4 is 6.09 Å². The first-order valence-corrected chi connectivity index (χ1v) is 11.2. The molecular weight excluding hydrogens is 392 g/mol. The molecular formula is C24H30N4O3. The highest BCUT2D eigenvalue weighted by atomic mass is 16.5. The summed E-state index contributed by atoms with van der Waals surface area (Å²) in [5.74, 6) is 0.573. The molecule has 0 radical (unpaired) electrons. The lowest BCUT2D eigenvalue weighted by atomic mass is 9.82. The van der Waals surface area contributed by atoms with Crippen molar-refractivity contribution in [3.05, 3.63) is 53.3 Å². The number of rotatable bonds is 5. The van der Waals surface area contributed by atoms with Crippen molar-refractivity contribution in [1.29, 1.82) is 5.26 Å². The van der Waals surface area contributed by atoms with E-state index < -0.39 is 0 Å². The molecule has 2 heterocycles. The zero-order valence-corrected chi connectivity index (χ0v) is 18.0. The van der Waals surface area contributed by atoms with Crippen LogP contribution in [0, 0.1) is 11.3 Å². The van der Waals surface area contributed by atoms with Crippen LogP contribution in [0.3, 0.4) is 0 Å². The minimum Gasteiger partial charge on any atom is -0.453 e. The Morgan fingerprint density at radius 2 is 2.00 bits per heavy atom. The second kappa shape index (κ2) is 9.97. The molecule has 1 saturated carbocycles. The van der Waals surface area contributed by atoms with Gasteiger partial charge in [0.15, 0.2) is 0 Å². The third-order valence-electron chi connectivity index (χ3n) is 6.80. The Morgan fingerprint density at radius 1 is 1.23 bits per heavy atom. The van der Waals surface area contributed by atoms with Crippen molar-refractivity contribution in [1.82, 2.24) is 15.1 Å². The predicted molar refractivity (Wildman–Crippen MR) is 116 cm³/mol. The molecule has 2 aliphatic rings. The maximum Gasteiger partial charge on any atom is 0.409 e. The van der Waals surface area contributed by atoms with Crippen LogP contribution in [-0.4, -0.2) is 53.6 Å². The Morgan fingerprint density at radius 3 is 2.71 bits per heavy atom. The van der Waals surface area contributed by atoms with E-state index in [2.05, 4.69) is 46.6 Å². The molecule has 0 unspecified atom stereocenters. The molecule has 2 atom stereocenters. The monoisotopic (exact) mass is 422 g/mol. The van der Waals surface area contributed by atoms with Crippen LogP contribution in [0.15, 0.2) is 36.5 Å². The normalized spacial score (nSPS) is 26.3. The number of nitriles is 1. The van der Waals surface area contributed by atoms with Crippen LogP contribution in [0.5, 0.6) is 0 Å². The quantitative estimate of drug-likeness (QED) is 0.774. The summed E-state index contributed by atoms with van der Waals surface area (Å²) in [4.78, 5) is 14.2. The third-order valence-corrected chi connectivity index (χ3v) is 6.80. The second-order valence-corrected chi connectivity index (χ2v) is 8.51. The summed E-state index contributed by atoms with van der Waals surface area (Å²) >= 11 is 0. The van der Waals surface area contributed by atoms with Gasteiger partial charge in [0, 0.05) is 12.5 Å². The lowest BCUT2D eigenvalue weighted by Gasteiger charge is -2.41. The molecule has 31 heavy (non-hydrogen) atoms. The highest BCUT2D eigenvalue weighted by Crippen LogP contribution is 2.36. The van der Waals surface area contributed by atoms with Crippen molar-refractivity contribution in [2.75, 3.05) is 20.3 Å². The van der Waals surface area contributed by atoms with Gasteiger partial charge in [-0.1, -0.05) is 30.3 Å². The van der Waals surface area contributed by atoms with Crippen LogP contribution in [0.1, 0.15) is 67.2 Å². The molecule has 1 aliphatic heterocycles.